The first-order valence-electron chi connectivity index (χ1n) is 3.97. The molecule has 0 fully saturated rings. The number of pyridine rings is 1. The van der Waals surface area contributed by atoms with Crippen LogP contribution in [0.5, 0.6) is 0 Å². The topological polar surface area (TPSA) is 22.0 Å². The first kappa shape index (κ1) is 9.33. The number of alkyl halides is 1. The first-order chi connectivity index (χ1) is 5.74. The Morgan fingerprint density at radius 3 is 2.92 bits per heavy atom. The van der Waals surface area contributed by atoms with Crippen molar-refractivity contribution < 1.29 is 0 Å². The minimum atomic E-state index is 0.0557. The quantitative estimate of drug-likeness (QED) is 0.659. The second-order valence-electron chi connectivity index (χ2n) is 2.78. The molecule has 0 saturated carbocycles. The van der Waals surface area contributed by atoms with Crippen LogP contribution in [0.3, 0.4) is 0 Å². The number of halogens is 1. The first-order valence-corrected chi connectivity index (χ1v) is 4.50. The van der Waals surface area contributed by atoms with E-state index in [4.69, 9.17) is 11.6 Å². The zero-order valence-corrected chi connectivity index (χ0v) is 7.84. The molecule has 0 aliphatic rings. The molecule has 0 bridgehead atoms. The Morgan fingerprint density at radius 1 is 1.58 bits per heavy atom. The largest absolute Gasteiger partial charge is 0.315 e. The van der Waals surface area contributed by atoms with E-state index in [-0.39, 0.29) is 5.56 Å². The van der Waals surface area contributed by atoms with Crippen molar-refractivity contribution in [2.45, 2.75) is 19.9 Å². The van der Waals surface area contributed by atoms with E-state index in [9.17, 15) is 4.79 Å². The molecule has 0 amide bonds. The van der Waals surface area contributed by atoms with E-state index in [2.05, 4.69) is 0 Å². The fourth-order valence-corrected chi connectivity index (χ4v) is 1.14. The van der Waals surface area contributed by atoms with Crippen LogP contribution in [0.1, 0.15) is 12.0 Å². The van der Waals surface area contributed by atoms with Crippen molar-refractivity contribution in [3.8, 4) is 0 Å². The van der Waals surface area contributed by atoms with Crippen molar-refractivity contribution in [1.82, 2.24) is 4.57 Å². The van der Waals surface area contributed by atoms with E-state index in [1.807, 2.05) is 19.2 Å². The van der Waals surface area contributed by atoms with Crippen LogP contribution in [0.25, 0.3) is 0 Å². The summed E-state index contributed by atoms with van der Waals surface area (Å²) >= 11 is 5.52. The molecular weight excluding hydrogens is 174 g/mol. The summed E-state index contributed by atoms with van der Waals surface area (Å²) in [6.45, 7) is 2.62. The third-order valence-electron chi connectivity index (χ3n) is 1.68. The summed E-state index contributed by atoms with van der Waals surface area (Å²) in [5.74, 6) is 0.598. The van der Waals surface area contributed by atoms with E-state index in [1.54, 1.807) is 10.6 Å². The fraction of sp³-hybridized carbons (Fsp3) is 0.444. The molecule has 0 aromatic carbocycles. The molecule has 0 radical (unpaired) electrons. The Hall–Kier alpha value is -0.760. The molecule has 12 heavy (non-hydrogen) atoms. The van der Waals surface area contributed by atoms with E-state index in [0.29, 0.717) is 12.4 Å². The normalized spacial score (nSPS) is 10.2. The van der Waals surface area contributed by atoms with Crippen molar-refractivity contribution in [1.29, 1.82) is 0 Å². The van der Waals surface area contributed by atoms with E-state index < -0.39 is 0 Å². The lowest BCUT2D eigenvalue weighted by molar-refractivity contribution is 0.656. The van der Waals surface area contributed by atoms with E-state index in [1.165, 1.54) is 0 Å². The van der Waals surface area contributed by atoms with Crippen LogP contribution in [0, 0.1) is 6.92 Å². The number of nitrogens with zero attached hydrogens (tertiary/aromatic N) is 1. The molecule has 1 heterocycles. The second-order valence-corrected chi connectivity index (χ2v) is 3.16. The Morgan fingerprint density at radius 2 is 2.33 bits per heavy atom. The molecule has 1 rings (SSSR count). The molecule has 0 saturated heterocycles. The van der Waals surface area contributed by atoms with Crippen LogP contribution in [0.2, 0.25) is 0 Å². The summed E-state index contributed by atoms with van der Waals surface area (Å²) in [5.41, 5.74) is 1.06. The van der Waals surface area contributed by atoms with Gasteiger partial charge in [0.1, 0.15) is 0 Å². The average Bonchev–Trinajstić information content (AvgIpc) is 2.03. The van der Waals surface area contributed by atoms with Gasteiger partial charge in [-0.2, -0.15) is 0 Å². The molecule has 0 unspecified atom stereocenters. The van der Waals surface area contributed by atoms with Gasteiger partial charge in [0.05, 0.1) is 0 Å². The van der Waals surface area contributed by atoms with Crippen molar-refractivity contribution >= 4 is 11.6 Å². The van der Waals surface area contributed by atoms with E-state index in [0.717, 1.165) is 12.0 Å². The molecule has 0 atom stereocenters. The number of aryl methyl sites for hydroxylation is 2. The summed E-state index contributed by atoms with van der Waals surface area (Å²) in [6.07, 6.45) is 2.65. The standard InChI is InChI=1S/C9H12ClNO/c1-8-3-6-11(5-2-4-10)9(12)7-8/h3,6-7H,2,4-5H2,1H3. The Kier molecular flexibility index (Phi) is 3.35. The summed E-state index contributed by atoms with van der Waals surface area (Å²) in [6, 6.07) is 3.56. The van der Waals surface area contributed by atoms with Crippen LogP contribution in [-0.2, 0) is 6.54 Å². The summed E-state index contributed by atoms with van der Waals surface area (Å²) in [4.78, 5) is 11.3. The Labute approximate surface area is 76.8 Å². The van der Waals surface area contributed by atoms with Gasteiger partial charge >= 0.3 is 0 Å². The molecule has 66 valence electrons. The van der Waals surface area contributed by atoms with Gasteiger partial charge in [-0.1, -0.05) is 0 Å². The van der Waals surface area contributed by atoms with Gasteiger partial charge in [-0.15, -0.1) is 11.6 Å². The van der Waals surface area contributed by atoms with Gasteiger partial charge in [0.2, 0.25) is 0 Å². The van der Waals surface area contributed by atoms with Crippen LogP contribution in [0.4, 0.5) is 0 Å². The highest BCUT2D eigenvalue weighted by atomic mass is 35.5. The molecule has 0 N–H and O–H groups in total. The van der Waals surface area contributed by atoms with Gasteiger partial charge in [-0.05, 0) is 25.0 Å². The third-order valence-corrected chi connectivity index (χ3v) is 1.95. The number of hydrogen-bond acceptors (Lipinski definition) is 1. The Balaban J connectivity index is 2.80. The van der Waals surface area contributed by atoms with Gasteiger partial charge < -0.3 is 4.57 Å². The predicted octanol–water partition coefficient (Wildman–Crippen LogP) is 1.79. The highest BCUT2D eigenvalue weighted by Gasteiger charge is 1.94. The molecule has 0 spiro atoms. The maximum absolute atomic E-state index is 11.3. The molecule has 0 aliphatic carbocycles. The van der Waals surface area contributed by atoms with Gasteiger partial charge in [-0.3, -0.25) is 4.79 Å². The molecule has 2 nitrogen and oxygen atoms in total. The third kappa shape index (κ3) is 2.38. The molecular formula is C9H12ClNO. The molecule has 3 heteroatoms. The minimum absolute atomic E-state index is 0.0557. The lowest BCUT2D eigenvalue weighted by atomic mass is 10.3. The zero-order valence-electron chi connectivity index (χ0n) is 7.09. The summed E-state index contributed by atoms with van der Waals surface area (Å²) in [7, 11) is 0. The van der Waals surface area contributed by atoms with Gasteiger partial charge in [0.25, 0.3) is 5.56 Å². The predicted molar refractivity (Wildman–Crippen MR) is 50.8 cm³/mol. The number of aromatic nitrogens is 1. The fourth-order valence-electron chi connectivity index (χ4n) is 1.02. The lowest BCUT2D eigenvalue weighted by Crippen LogP contribution is -2.18. The summed E-state index contributed by atoms with van der Waals surface area (Å²) in [5, 5.41) is 0. The van der Waals surface area contributed by atoms with Crippen LogP contribution in [0.15, 0.2) is 23.1 Å². The maximum atomic E-state index is 11.3. The van der Waals surface area contributed by atoms with Gasteiger partial charge in [-0.25, -0.2) is 0 Å². The highest BCUT2D eigenvalue weighted by molar-refractivity contribution is 6.17. The average molecular weight is 186 g/mol. The second kappa shape index (κ2) is 4.31. The molecule has 0 aliphatic heterocycles. The number of hydrogen-bond donors (Lipinski definition) is 0. The van der Waals surface area contributed by atoms with Crippen LogP contribution < -0.4 is 5.56 Å². The molecule has 1 aromatic rings. The Bertz CT molecular complexity index is 306. The van der Waals surface area contributed by atoms with Crippen molar-refractivity contribution in [2.24, 2.45) is 0 Å². The highest BCUT2D eigenvalue weighted by Crippen LogP contribution is 1.93. The summed E-state index contributed by atoms with van der Waals surface area (Å²) < 4.78 is 1.68. The lowest BCUT2D eigenvalue weighted by Gasteiger charge is -2.02. The minimum Gasteiger partial charge on any atom is -0.315 e. The number of rotatable bonds is 3. The van der Waals surface area contributed by atoms with E-state index >= 15 is 0 Å². The van der Waals surface area contributed by atoms with Crippen molar-refractivity contribution in [3.05, 3.63) is 34.2 Å². The molecule has 1 aromatic heterocycles. The van der Waals surface area contributed by atoms with Crippen molar-refractivity contribution in [2.75, 3.05) is 5.88 Å². The van der Waals surface area contributed by atoms with Gasteiger partial charge in [0, 0.05) is 24.7 Å². The van der Waals surface area contributed by atoms with Gasteiger partial charge in [0.15, 0.2) is 0 Å². The van der Waals surface area contributed by atoms with Crippen LogP contribution >= 0.6 is 11.6 Å². The van der Waals surface area contributed by atoms with Crippen molar-refractivity contribution in [3.63, 3.8) is 0 Å². The monoisotopic (exact) mass is 185 g/mol. The van der Waals surface area contributed by atoms with Crippen LogP contribution in [-0.4, -0.2) is 10.4 Å². The maximum Gasteiger partial charge on any atom is 0.250 e. The SMILES string of the molecule is Cc1ccn(CCCCl)c(=O)c1. The zero-order chi connectivity index (χ0) is 8.97. The smallest absolute Gasteiger partial charge is 0.250 e.